The molecule has 2 aromatic rings. The summed E-state index contributed by atoms with van der Waals surface area (Å²) in [6, 6.07) is 9.38. The maximum absolute atomic E-state index is 12.3. The Hall–Kier alpha value is -2.43. The van der Waals surface area contributed by atoms with E-state index in [-0.39, 0.29) is 19.0 Å². The Labute approximate surface area is 109 Å². The Bertz CT molecular complexity index is 657. The molecule has 1 aromatic heterocycles. The number of benzene rings is 1. The number of amides is 1. The summed E-state index contributed by atoms with van der Waals surface area (Å²) in [5.41, 5.74) is 0.391. The zero-order valence-electron chi connectivity index (χ0n) is 10.1. The molecule has 0 bridgehead atoms. The fraction of sp³-hybridized carbons (Fsp3) is 0.214. The minimum atomic E-state index is -0.852. The SMILES string of the molecule is O=C(O)C1CN(C(=O)c2nccc3ccccc23)C1. The summed E-state index contributed by atoms with van der Waals surface area (Å²) in [4.78, 5) is 28.7. The lowest BCUT2D eigenvalue weighted by Gasteiger charge is -2.36. The highest BCUT2D eigenvalue weighted by Gasteiger charge is 2.36. The van der Waals surface area contributed by atoms with E-state index >= 15 is 0 Å². The highest BCUT2D eigenvalue weighted by molar-refractivity contribution is 6.05. The van der Waals surface area contributed by atoms with Gasteiger partial charge >= 0.3 is 5.97 Å². The summed E-state index contributed by atoms with van der Waals surface area (Å²) in [5, 5.41) is 10.6. The van der Waals surface area contributed by atoms with Crippen molar-refractivity contribution in [3.8, 4) is 0 Å². The number of hydrogen-bond acceptors (Lipinski definition) is 3. The van der Waals surface area contributed by atoms with Crippen LogP contribution in [0.3, 0.4) is 0 Å². The molecule has 5 nitrogen and oxygen atoms in total. The zero-order chi connectivity index (χ0) is 13.4. The van der Waals surface area contributed by atoms with Crippen molar-refractivity contribution in [3.63, 3.8) is 0 Å². The summed E-state index contributed by atoms with van der Waals surface area (Å²) in [6.45, 7) is 0.526. The Morgan fingerprint density at radius 2 is 1.95 bits per heavy atom. The van der Waals surface area contributed by atoms with Crippen LogP contribution in [0.1, 0.15) is 10.5 Å². The maximum atomic E-state index is 12.3. The van der Waals surface area contributed by atoms with E-state index in [0.29, 0.717) is 5.69 Å². The third-order valence-corrected chi connectivity index (χ3v) is 3.39. The summed E-state index contributed by atoms with van der Waals surface area (Å²) in [6.07, 6.45) is 1.60. The van der Waals surface area contributed by atoms with Crippen molar-refractivity contribution in [3.05, 3.63) is 42.2 Å². The maximum Gasteiger partial charge on any atom is 0.310 e. The van der Waals surface area contributed by atoms with Crippen LogP contribution in [0.15, 0.2) is 36.5 Å². The van der Waals surface area contributed by atoms with Gasteiger partial charge in [-0.1, -0.05) is 24.3 Å². The van der Waals surface area contributed by atoms with Gasteiger partial charge < -0.3 is 10.0 Å². The van der Waals surface area contributed by atoms with E-state index in [1.807, 2.05) is 30.3 Å². The third kappa shape index (κ3) is 1.93. The van der Waals surface area contributed by atoms with Crippen molar-refractivity contribution in [2.75, 3.05) is 13.1 Å². The van der Waals surface area contributed by atoms with Crippen molar-refractivity contribution < 1.29 is 14.7 Å². The van der Waals surface area contributed by atoms with Gasteiger partial charge in [-0.3, -0.25) is 14.6 Å². The number of carboxylic acids is 1. The van der Waals surface area contributed by atoms with Crippen molar-refractivity contribution in [2.24, 2.45) is 5.92 Å². The van der Waals surface area contributed by atoms with E-state index in [4.69, 9.17) is 5.11 Å². The van der Waals surface area contributed by atoms with Crippen LogP contribution in [-0.2, 0) is 4.79 Å². The monoisotopic (exact) mass is 256 g/mol. The van der Waals surface area contributed by atoms with Gasteiger partial charge in [-0.05, 0) is 11.5 Å². The second-order valence-electron chi connectivity index (χ2n) is 4.63. The number of likely N-dealkylation sites (tertiary alicyclic amines) is 1. The molecule has 1 saturated heterocycles. The van der Waals surface area contributed by atoms with E-state index in [0.717, 1.165) is 10.8 Å². The predicted octanol–water partition coefficient (Wildman–Crippen LogP) is 1.39. The highest BCUT2D eigenvalue weighted by atomic mass is 16.4. The molecule has 19 heavy (non-hydrogen) atoms. The van der Waals surface area contributed by atoms with E-state index in [1.54, 1.807) is 6.20 Å². The van der Waals surface area contributed by atoms with Crippen LogP contribution < -0.4 is 0 Å². The molecular formula is C14H12N2O3. The topological polar surface area (TPSA) is 70.5 Å². The number of carbonyl (C=O) groups is 2. The lowest BCUT2D eigenvalue weighted by Crippen LogP contribution is -2.53. The van der Waals surface area contributed by atoms with Gasteiger partial charge in [-0.2, -0.15) is 0 Å². The molecule has 1 aliphatic heterocycles. The molecule has 1 aromatic carbocycles. The lowest BCUT2D eigenvalue weighted by atomic mass is 9.99. The Balaban J connectivity index is 1.89. The molecule has 0 unspecified atom stereocenters. The number of carbonyl (C=O) groups excluding carboxylic acids is 1. The van der Waals surface area contributed by atoms with Gasteiger partial charge in [-0.25, -0.2) is 0 Å². The third-order valence-electron chi connectivity index (χ3n) is 3.39. The van der Waals surface area contributed by atoms with E-state index in [2.05, 4.69) is 4.98 Å². The molecule has 96 valence electrons. The summed E-state index contributed by atoms with van der Waals surface area (Å²) >= 11 is 0. The van der Waals surface area contributed by atoms with Crippen molar-refractivity contribution in [1.29, 1.82) is 0 Å². The number of aliphatic carboxylic acids is 1. The first kappa shape index (κ1) is 11.6. The van der Waals surface area contributed by atoms with Crippen LogP contribution in [0.4, 0.5) is 0 Å². The van der Waals surface area contributed by atoms with Crippen LogP contribution in [0.2, 0.25) is 0 Å². The zero-order valence-corrected chi connectivity index (χ0v) is 10.1. The van der Waals surface area contributed by atoms with Crippen LogP contribution in [-0.4, -0.2) is 40.0 Å². The molecular weight excluding hydrogens is 244 g/mol. The number of rotatable bonds is 2. The number of pyridine rings is 1. The minimum absolute atomic E-state index is 0.200. The molecule has 1 aliphatic rings. The Morgan fingerprint density at radius 3 is 2.68 bits per heavy atom. The number of fused-ring (bicyclic) bond motifs is 1. The predicted molar refractivity (Wildman–Crippen MR) is 68.8 cm³/mol. The molecule has 1 N–H and O–H groups in total. The molecule has 0 aliphatic carbocycles. The fourth-order valence-corrected chi connectivity index (χ4v) is 2.24. The molecule has 0 atom stereocenters. The van der Waals surface area contributed by atoms with E-state index < -0.39 is 11.9 Å². The molecule has 0 saturated carbocycles. The van der Waals surface area contributed by atoms with Crippen molar-refractivity contribution in [2.45, 2.75) is 0 Å². The standard InChI is InChI=1S/C14H12N2O3/c17-13(16-7-10(8-16)14(18)19)12-11-4-2-1-3-9(11)5-6-15-12/h1-6,10H,7-8H2,(H,18,19). The van der Waals surface area contributed by atoms with E-state index in [1.165, 1.54) is 4.90 Å². The smallest absolute Gasteiger partial charge is 0.310 e. The van der Waals surface area contributed by atoms with Gasteiger partial charge in [0.1, 0.15) is 5.69 Å². The highest BCUT2D eigenvalue weighted by Crippen LogP contribution is 2.22. The molecule has 5 heteroatoms. The van der Waals surface area contributed by atoms with Gasteiger partial charge in [0.2, 0.25) is 0 Å². The van der Waals surface area contributed by atoms with Crippen molar-refractivity contribution >= 4 is 22.6 Å². The van der Waals surface area contributed by atoms with E-state index in [9.17, 15) is 9.59 Å². The van der Waals surface area contributed by atoms with Crippen LogP contribution in [0.5, 0.6) is 0 Å². The molecule has 2 heterocycles. The number of carboxylic acid groups (broad SMARTS) is 1. The molecule has 1 amide bonds. The first-order valence-electron chi connectivity index (χ1n) is 6.02. The molecule has 0 spiro atoms. The lowest BCUT2D eigenvalue weighted by molar-refractivity contribution is -0.146. The molecule has 3 rings (SSSR count). The Kier molecular flexibility index (Phi) is 2.67. The number of aromatic nitrogens is 1. The average Bonchev–Trinajstić information content (AvgIpc) is 2.35. The molecule has 0 radical (unpaired) electrons. The quantitative estimate of drug-likeness (QED) is 0.881. The van der Waals surface area contributed by atoms with Gasteiger partial charge in [0, 0.05) is 24.7 Å². The van der Waals surface area contributed by atoms with Gasteiger partial charge in [0.15, 0.2) is 0 Å². The second-order valence-corrected chi connectivity index (χ2v) is 4.63. The summed E-state index contributed by atoms with van der Waals surface area (Å²) in [5.74, 6) is -1.50. The first-order chi connectivity index (χ1) is 9.16. The summed E-state index contributed by atoms with van der Waals surface area (Å²) < 4.78 is 0. The van der Waals surface area contributed by atoms with Crippen LogP contribution >= 0.6 is 0 Å². The first-order valence-corrected chi connectivity index (χ1v) is 6.02. The van der Waals surface area contributed by atoms with Gasteiger partial charge in [0.05, 0.1) is 5.92 Å². The fourth-order valence-electron chi connectivity index (χ4n) is 2.24. The van der Waals surface area contributed by atoms with Gasteiger partial charge in [-0.15, -0.1) is 0 Å². The summed E-state index contributed by atoms with van der Waals surface area (Å²) in [7, 11) is 0. The van der Waals surface area contributed by atoms with Crippen molar-refractivity contribution in [1.82, 2.24) is 9.88 Å². The number of hydrogen-bond donors (Lipinski definition) is 1. The second kappa shape index (κ2) is 4.35. The number of nitrogens with zero attached hydrogens (tertiary/aromatic N) is 2. The minimum Gasteiger partial charge on any atom is -0.481 e. The average molecular weight is 256 g/mol. The van der Waals surface area contributed by atoms with Crippen LogP contribution in [0, 0.1) is 5.92 Å². The van der Waals surface area contributed by atoms with Crippen LogP contribution in [0.25, 0.3) is 10.8 Å². The normalized spacial score (nSPS) is 15.3. The van der Waals surface area contributed by atoms with Gasteiger partial charge in [0.25, 0.3) is 5.91 Å². The molecule has 1 fully saturated rings. The largest absolute Gasteiger partial charge is 0.481 e. The Morgan fingerprint density at radius 1 is 1.21 bits per heavy atom.